The molecule has 2 nitrogen and oxygen atoms in total. The molecule has 0 heterocycles. The summed E-state index contributed by atoms with van der Waals surface area (Å²) in [5.41, 5.74) is 6.02. The van der Waals surface area contributed by atoms with E-state index in [1.54, 1.807) is 0 Å². The van der Waals surface area contributed by atoms with Crippen LogP contribution in [-0.2, 0) is 0 Å². The number of rotatable bonds is 2. The number of hydrogen-bond acceptors (Lipinski definition) is 2. The van der Waals surface area contributed by atoms with Gasteiger partial charge in [0, 0.05) is 12.0 Å². The quantitative estimate of drug-likeness (QED) is 0.682. The fourth-order valence-corrected chi connectivity index (χ4v) is 3.07. The van der Waals surface area contributed by atoms with Gasteiger partial charge in [-0.25, -0.2) is 0 Å². The lowest BCUT2D eigenvalue weighted by atomic mass is 9.75. The average molecular weight is 183 g/mol. The van der Waals surface area contributed by atoms with Crippen molar-refractivity contribution < 1.29 is 5.11 Å². The third kappa shape index (κ3) is 1.23. The molecule has 2 fully saturated rings. The van der Waals surface area contributed by atoms with Crippen molar-refractivity contribution >= 4 is 0 Å². The maximum Gasteiger partial charge on any atom is 0.0662 e. The van der Waals surface area contributed by atoms with Gasteiger partial charge < -0.3 is 10.8 Å². The minimum atomic E-state index is -0.183. The molecule has 2 atom stereocenters. The lowest BCUT2D eigenvalue weighted by molar-refractivity contribution is -0.0165. The monoisotopic (exact) mass is 183 g/mol. The van der Waals surface area contributed by atoms with Gasteiger partial charge in [-0.1, -0.05) is 13.8 Å². The summed E-state index contributed by atoms with van der Waals surface area (Å²) in [7, 11) is 0. The van der Waals surface area contributed by atoms with Crippen LogP contribution in [0.4, 0.5) is 0 Å². The van der Waals surface area contributed by atoms with Crippen LogP contribution >= 0.6 is 0 Å². The normalized spacial score (nSPS) is 43.8. The fourth-order valence-electron chi connectivity index (χ4n) is 3.07. The minimum absolute atomic E-state index is 0.0729. The van der Waals surface area contributed by atoms with Gasteiger partial charge in [0.15, 0.2) is 0 Å². The second-order valence-corrected chi connectivity index (χ2v) is 5.60. The second-order valence-electron chi connectivity index (χ2n) is 5.60. The van der Waals surface area contributed by atoms with E-state index in [-0.39, 0.29) is 16.9 Å². The van der Waals surface area contributed by atoms with Crippen molar-refractivity contribution in [2.75, 3.05) is 6.54 Å². The largest absolute Gasteiger partial charge is 0.392 e. The van der Waals surface area contributed by atoms with E-state index in [9.17, 15) is 5.11 Å². The molecule has 0 aromatic heterocycles. The summed E-state index contributed by atoms with van der Waals surface area (Å²) < 4.78 is 0. The molecule has 0 radical (unpaired) electrons. The van der Waals surface area contributed by atoms with Gasteiger partial charge in [0.05, 0.1) is 6.10 Å². The Kier molecular flexibility index (Phi) is 1.97. The molecule has 0 saturated heterocycles. The van der Waals surface area contributed by atoms with Crippen LogP contribution in [0.25, 0.3) is 0 Å². The standard InChI is InChI=1S/C11H21NO/c1-10(2)5-6-11(7-12,9(10)13)8-3-4-8/h8-9,13H,3-7,12H2,1-2H3. The smallest absolute Gasteiger partial charge is 0.0662 e. The highest BCUT2D eigenvalue weighted by atomic mass is 16.3. The molecule has 0 aromatic carbocycles. The van der Waals surface area contributed by atoms with Crippen LogP contribution in [0, 0.1) is 16.7 Å². The summed E-state index contributed by atoms with van der Waals surface area (Å²) in [5.74, 6) is 0.717. The van der Waals surface area contributed by atoms with Crippen molar-refractivity contribution in [2.45, 2.75) is 45.6 Å². The van der Waals surface area contributed by atoms with Gasteiger partial charge in [-0.3, -0.25) is 0 Å². The summed E-state index contributed by atoms with van der Waals surface area (Å²) in [5, 5.41) is 10.3. The van der Waals surface area contributed by atoms with Gasteiger partial charge >= 0.3 is 0 Å². The Balaban J connectivity index is 2.22. The van der Waals surface area contributed by atoms with Crippen LogP contribution in [0.5, 0.6) is 0 Å². The predicted octanol–water partition coefficient (Wildman–Crippen LogP) is 1.52. The van der Waals surface area contributed by atoms with E-state index in [2.05, 4.69) is 13.8 Å². The third-order valence-corrected chi connectivity index (χ3v) is 4.29. The number of aliphatic hydroxyl groups excluding tert-OH is 1. The Morgan fingerprint density at radius 3 is 2.23 bits per heavy atom. The SMILES string of the molecule is CC1(C)CCC(CN)(C2CC2)C1O. The van der Waals surface area contributed by atoms with Crippen LogP contribution < -0.4 is 5.73 Å². The van der Waals surface area contributed by atoms with Crippen molar-refractivity contribution in [2.24, 2.45) is 22.5 Å². The maximum atomic E-state index is 10.3. The van der Waals surface area contributed by atoms with Crippen molar-refractivity contribution in [3.8, 4) is 0 Å². The maximum absolute atomic E-state index is 10.3. The van der Waals surface area contributed by atoms with E-state index in [1.165, 1.54) is 12.8 Å². The van der Waals surface area contributed by atoms with Crippen molar-refractivity contribution in [3.63, 3.8) is 0 Å². The molecular formula is C11H21NO. The zero-order valence-corrected chi connectivity index (χ0v) is 8.71. The molecule has 3 N–H and O–H groups in total. The van der Waals surface area contributed by atoms with Gasteiger partial charge in [0.2, 0.25) is 0 Å². The van der Waals surface area contributed by atoms with Crippen LogP contribution in [-0.4, -0.2) is 17.8 Å². The lowest BCUT2D eigenvalue weighted by Crippen LogP contribution is -2.44. The number of aliphatic hydroxyl groups is 1. The van der Waals surface area contributed by atoms with Crippen molar-refractivity contribution in [1.29, 1.82) is 0 Å². The molecule has 2 aliphatic carbocycles. The van der Waals surface area contributed by atoms with Crippen molar-refractivity contribution in [1.82, 2.24) is 0 Å². The Morgan fingerprint density at radius 2 is 1.92 bits per heavy atom. The van der Waals surface area contributed by atoms with Crippen LogP contribution in [0.15, 0.2) is 0 Å². The zero-order valence-electron chi connectivity index (χ0n) is 8.71. The van der Waals surface area contributed by atoms with Crippen LogP contribution in [0.1, 0.15) is 39.5 Å². The highest BCUT2D eigenvalue weighted by Crippen LogP contribution is 2.59. The highest BCUT2D eigenvalue weighted by Gasteiger charge is 2.57. The second kappa shape index (κ2) is 2.71. The lowest BCUT2D eigenvalue weighted by Gasteiger charge is -2.36. The third-order valence-electron chi connectivity index (χ3n) is 4.29. The van der Waals surface area contributed by atoms with Gasteiger partial charge in [0.1, 0.15) is 0 Å². The zero-order chi connectivity index (χ0) is 9.69. The first kappa shape index (κ1) is 9.47. The van der Waals surface area contributed by atoms with E-state index in [0.29, 0.717) is 12.5 Å². The molecule has 2 unspecified atom stereocenters. The van der Waals surface area contributed by atoms with Gasteiger partial charge in [-0.05, 0) is 37.0 Å². The summed E-state index contributed by atoms with van der Waals surface area (Å²) >= 11 is 0. The Morgan fingerprint density at radius 1 is 1.31 bits per heavy atom. The van der Waals surface area contributed by atoms with E-state index in [0.717, 1.165) is 12.8 Å². The first-order valence-electron chi connectivity index (χ1n) is 5.41. The Bertz CT molecular complexity index is 210. The first-order chi connectivity index (χ1) is 6.03. The first-order valence-corrected chi connectivity index (χ1v) is 5.41. The molecule has 0 amide bonds. The van der Waals surface area contributed by atoms with Gasteiger partial charge in [-0.2, -0.15) is 0 Å². The molecule has 13 heavy (non-hydrogen) atoms. The van der Waals surface area contributed by atoms with Crippen LogP contribution in [0.2, 0.25) is 0 Å². The van der Waals surface area contributed by atoms with E-state index in [1.807, 2.05) is 0 Å². The summed E-state index contributed by atoms with van der Waals surface area (Å²) in [4.78, 5) is 0. The summed E-state index contributed by atoms with van der Waals surface area (Å²) in [6, 6.07) is 0. The number of nitrogens with two attached hydrogens (primary N) is 1. The molecule has 76 valence electrons. The van der Waals surface area contributed by atoms with Crippen molar-refractivity contribution in [3.05, 3.63) is 0 Å². The van der Waals surface area contributed by atoms with E-state index < -0.39 is 0 Å². The van der Waals surface area contributed by atoms with E-state index >= 15 is 0 Å². The topological polar surface area (TPSA) is 46.2 Å². The number of hydrogen-bond donors (Lipinski definition) is 2. The summed E-state index contributed by atoms with van der Waals surface area (Å²) in [6.45, 7) is 5.00. The van der Waals surface area contributed by atoms with Crippen LogP contribution in [0.3, 0.4) is 0 Å². The minimum Gasteiger partial charge on any atom is -0.392 e. The van der Waals surface area contributed by atoms with E-state index in [4.69, 9.17) is 5.73 Å². The predicted molar refractivity (Wildman–Crippen MR) is 53.2 cm³/mol. The highest BCUT2D eigenvalue weighted by molar-refractivity contribution is 5.08. The molecule has 2 rings (SSSR count). The summed E-state index contributed by atoms with van der Waals surface area (Å²) in [6.07, 6.45) is 4.64. The van der Waals surface area contributed by atoms with Gasteiger partial charge in [0.25, 0.3) is 0 Å². The molecule has 0 aromatic rings. The van der Waals surface area contributed by atoms with Gasteiger partial charge in [-0.15, -0.1) is 0 Å². The molecule has 2 aliphatic rings. The molecular weight excluding hydrogens is 162 g/mol. The average Bonchev–Trinajstić information content (AvgIpc) is 2.86. The molecule has 0 bridgehead atoms. The Hall–Kier alpha value is -0.0800. The molecule has 2 heteroatoms. The Labute approximate surface area is 80.5 Å². The molecule has 0 aliphatic heterocycles. The fraction of sp³-hybridized carbons (Fsp3) is 1.00. The molecule has 0 spiro atoms. The molecule has 2 saturated carbocycles.